The van der Waals surface area contributed by atoms with Crippen LogP contribution in [0.3, 0.4) is 0 Å². The zero-order valence-electron chi connectivity index (χ0n) is 12.0. The van der Waals surface area contributed by atoms with E-state index < -0.39 is 29.6 Å². The molecule has 0 aromatic heterocycles. The van der Waals surface area contributed by atoms with E-state index in [1.54, 1.807) is 18.2 Å². The molecule has 0 aliphatic carbocycles. The lowest BCUT2D eigenvalue weighted by atomic mass is 10.2. The average molecular weight is 334 g/mol. The Kier molecular flexibility index (Phi) is 5.53. The number of amides is 3. The van der Waals surface area contributed by atoms with E-state index in [1.165, 1.54) is 0 Å². The first-order chi connectivity index (χ1) is 11.0. The van der Waals surface area contributed by atoms with Gasteiger partial charge in [-0.3, -0.25) is 24.1 Å². The third-order valence-electron chi connectivity index (χ3n) is 2.93. The van der Waals surface area contributed by atoms with Crippen LogP contribution in [-0.4, -0.2) is 46.1 Å². The normalized spacial score (nSPS) is 16.0. The maximum absolute atomic E-state index is 12.2. The van der Waals surface area contributed by atoms with Gasteiger partial charge < -0.3 is 10.4 Å². The highest BCUT2D eigenvalue weighted by Gasteiger charge is 2.36. The van der Waals surface area contributed by atoms with Crippen molar-refractivity contribution in [2.24, 2.45) is 0 Å². The number of carboxylic acids is 1. The van der Waals surface area contributed by atoms with Gasteiger partial charge >= 0.3 is 5.97 Å². The van der Waals surface area contributed by atoms with Crippen LogP contribution in [0.25, 0.3) is 6.08 Å². The number of hydrogen-bond donors (Lipinski definition) is 2. The predicted octanol–water partition coefficient (Wildman–Crippen LogP) is 1.31. The first-order valence-corrected chi connectivity index (χ1v) is 7.58. The number of thioether (sulfide) groups is 1. The second kappa shape index (κ2) is 7.59. The van der Waals surface area contributed by atoms with Crippen LogP contribution in [-0.2, 0) is 14.4 Å². The Hall–Kier alpha value is -2.61. The molecule has 1 aromatic rings. The number of hydrogen-bond acceptors (Lipinski definition) is 5. The lowest BCUT2D eigenvalue weighted by Gasteiger charge is -2.11. The number of imide groups is 1. The lowest BCUT2D eigenvalue weighted by molar-refractivity contribution is -0.137. The Morgan fingerprint density at radius 1 is 1.22 bits per heavy atom. The highest BCUT2D eigenvalue weighted by atomic mass is 32.2. The van der Waals surface area contributed by atoms with Crippen molar-refractivity contribution in [3.8, 4) is 0 Å². The van der Waals surface area contributed by atoms with Gasteiger partial charge in [0, 0.05) is 6.54 Å². The molecule has 1 fully saturated rings. The van der Waals surface area contributed by atoms with Crippen LogP contribution in [0, 0.1) is 0 Å². The van der Waals surface area contributed by atoms with E-state index in [1.807, 2.05) is 18.2 Å². The van der Waals surface area contributed by atoms with Crippen molar-refractivity contribution in [3.05, 3.63) is 40.8 Å². The largest absolute Gasteiger partial charge is 0.481 e. The van der Waals surface area contributed by atoms with E-state index in [2.05, 4.69) is 5.32 Å². The van der Waals surface area contributed by atoms with E-state index in [-0.39, 0.29) is 17.9 Å². The van der Waals surface area contributed by atoms with Gasteiger partial charge in [-0.15, -0.1) is 0 Å². The first kappa shape index (κ1) is 16.8. The van der Waals surface area contributed by atoms with Crippen molar-refractivity contribution in [3.63, 3.8) is 0 Å². The molecule has 120 valence electrons. The summed E-state index contributed by atoms with van der Waals surface area (Å²) in [6.07, 6.45) is 1.37. The van der Waals surface area contributed by atoms with E-state index in [0.29, 0.717) is 0 Å². The summed E-state index contributed by atoms with van der Waals surface area (Å²) in [7, 11) is 0. The van der Waals surface area contributed by atoms with Crippen molar-refractivity contribution in [2.75, 3.05) is 13.1 Å². The number of nitrogens with zero attached hydrogens (tertiary/aromatic N) is 1. The minimum absolute atomic E-state index is 0.0513. The highest BCUT2D eigenvalue weighted by molar-refractivity contribution is 8.18. The predicted molar refractivity (Wildman–Crippen MR) is 84.4 cm³/mol. The Balaban J connectivity index is 1.97. The number of rotatable bonds is 6. The van der Waals surface area contributed by atoms with Crippen LogP contribution in [0.2, 0.25) is 0 Å². The lowest BCUT2D eigenvalue weighted by Crippen LogP contribution is -2.40. The third-order valence-corrected chi connectivity index (χ3v) is 3.84. The zero-order valence-corrected chi connectivity index (χ0v) is 12.8. The fourth-order valence-electron chi connectivity index (χ4n) is 1.85. The molecular formula is C15H14N2O5S. The first-order valence-electron chi connectivity index (χ1n) is 6.76. The van der Waals surface area contributed by atoms with Crippen LogP contribution in [0.1, 0.15) is 12.0 Å². The summed E-state index contributed by atoms with van der Waals surface area (Å²) in [6.45, 7) is -0.472. The monoisotopic (exact) mass is 334 g/mol. The Labute approximate surface area is 136 Å². The zero-order chi connectivity index (χ0) is 16.8. The number of benzene rings is 1. The topological polar surface area (TPSA) is 104 Å². The SMILES string of the molecule is O=C(O)CCNC(=O)CN1C(=O)S/C(=C/c2ccccc2)C1=O. The summed E-state index contributed by atoms with van der Waals surface area (Å²) in [5, 5.41) is 10.3. The van der Waals surface area contributed by atoms with Gasteiger partial charge in [-0.2, -0.15) is 0 Å². The second-order valence-electron chi connectivity index (χ2n) is 4.67. The molecule has 0 saturated carbocycles. The number of carbonyl (C=O) groups is 4. The molecule has 0 atom stereocenters. The molecule has 3 amide bonds. The molecule has 2 N–H and O–H groups in total. The van der Waals surface area contributed by atoms with Crippen LogP contribution in [0.5, 0.6) is 0 Å². The molecule has 1 heterocycles. The Morgan fingerprint density at radius 2 is 1.91 bits per heavy atom. The van der Waals surface area contributed by atoms with Gasteiger partial charge in [0.05, 0.1) is 11.3 Å². The van der Waals surface area contributed by atoms with Crippen molar-refractivity contribution in [1.82, 2.24) is 10.2 Å². The Bertz CT molecular complexity index is 672. The standard InChI is InChI=1S/C15H14N2O5S/c18-12(16-7-6-13(19)20)9-17-14(21)11(23-15(17)22)8-10-4-2-1-3-5-10/h1-5,8H,6-7,9H2,(H,16,18)(H,19,20)/b11-8+. The molecule has 23 heavy (non-hydrogen) atoms. The van der Waals surface area contributed by atoms with E-state index >= 15 is 0 Å². The molecule has 0 spiro atoms. The molecule has 7 nitrogen and oxygen atoms in total. The summed E-state index contributed by atoms with van der Waals surface area (Å²) in [6, 6.07) is 9.06. The summed E-state index contributed by atoms with van der Waals surface area (Å²) in [5.74, 6) is -2.14. The van der Waals surface area contributed by atoms with Crippen molar-refractivity contribution < 1.29 is 24.3 Å². The summed E-state index contributed by atoms with van der Waals surface area (Å²) in [5.41, 5.74) is 0.781. The average Bonchev–Trinajstić information content (AvgIpc) is 2.75. The number of nitrogens with one attached hydrogen (secondary N) is 1. The fraction of sp³-hybridized carbons (Fsp3) is 0.200. The summed E-state index contributed by atoms with van der Waals surface area (Å²) >= 11 is 0.772. The summed E-state index contributed by atoms with van der Waals surface area (Å²) < 4.78 is 0. The molecule has 8 heteroatoms. The molecule has 0 unspecified atom stereocenters. The molecule has 1 aliphatic heterocycles. The van der Waals surface area contributed by atoms with Crippen LogP contribution in [0.4, 0.5) is 4.79 Å². The molecule has 1 aliphatic rings. The summed E-state index contributed by atoms with van der Waals surface area (Å²) in [4.78, 5) is 47.2. The van der Waals surface area contributed by atoms with Crippen molar-refractivity contribution >= 4 is 40.9 Å². The molecule has 1 aromatic carbocycles. The highest BCUT2D eigenvalue weighted by Crippen LogP contribution is 2.31. The van der Waals surface area contributed by atoms with Crippen LogP contribution < -0.4 is 5.32 Å². The molecule has 2 rings (SSSR count). The van der Waals surface area contributed by atoms with Gasteiger partial charge in [0.1, 0.15) is 6.54 Å². The molecule has 0 bridgehead atoms. The molecule has 0 radical (unpaired) electrons. The van der Waals surface area contributed by atoms with Crippen LogP contribution in [0.15, 0.2) is 35.2 Å². The van der Waals surface area contributed by atoms with Crippen molar-refractivity contribution in [2.45, 2.75) is 6.42 Å². The maximum atomic E-state index is 12.2. The van der Waals surface area contributed by atoms with Gasteiger partial charge in [0.2, 0.25) is 5.91 Å². The fourth-order valence-corrected chi connectivity index (χ4v) is 2.68. The van der Waals surface area contributed by atoms with Gasteiger partial charge in [0.25, 0.3) is 11.1 Å². The maximum Gasteiger partial charge on any atom is 0.305 e. The minimum atomic E-state index is -1.04. The number of aliphatic carboxylic acids is 1. The van der Waals surface area contributed by atoms with Crippen molar-refractivity contribution in [1.29, 1.82) is 0 Å². The second-order valence-corrected chi connectivity index (χ2v) is 5.67. The molecular weight excluding hydrogens is 320 g/mol. The third kappa shape index (κ3) is 4.68. The van der Waals surface area contributed by atoms with E-state index in [0.717, 1.165) is 22.2 Å². The van der Waals surface area contributed by atoms with Crippen LogP contribution >= 0.6 is 11.8 Å². The van der Waals surface area contributed by atoms with E-state index in [4.69, 9.17) is 5.11 Å². The quantitative estimate of drug-likeness (QED) is 0.760. The van der Waals surface area contributed by atoms with Gasteiger partial charge in [-0.1, -0.05) is 30.3 Å². The van der Waals surface area contributed by atoms with Gasteiger partial charge in [0.15, 0.2) is 0 Å². The molecule has 1 saturated heterocycles. The number of carboxylic acid groups (broad SMARTS) is 1. The number of carbonyl (C=O) groups excluding carboxylic acids is 3. The minimum Gasteiger partial charge on any atom is -0.481 e. The van der Waals surface area contributed by atoms with Gasteiger partial charge in [-0.05, 0) is 23.4 Å². The Morgan fingerprint density at radius 3 is 2.57 bits per heavy atom. The smallest absolute Gasteiger partial charge is 0.305 e. The van der Waals surface area contributed by atoms with Gasteiger partial charge in [-0.25, -0.2) is 0 Å². The van der Waals surface area contributed by atoms with E-state index in [9.17, 15) is 19.2 Å².